The van der Waals surface area contributed by atoms with Crippen molar-refractivity contribution in [1.29, 1.82) is 0 Å². The van der Waals surface area contributed by atoms with Crippen LogP contribution in [-0.2, 0) is 6.42 Å². The van der Waals surface area contributed by atoms with Crippen LogP contribution >= 0.6 is 11.3 Å². The van der Waals surface area contributed by atoms with Gasteiger partial charge in [0.25, 0.3) is 0 Å². The monoisotopic (exact) mass is 305 g/mol. The van der Waals surface area contributed by atoms with Crippen molar-refractivity contribution in [2.75, 3.05) is 26.2 Å². The Balaban J connectivity index is 1.67. The van der Waals surface area contributed by atoms with E-state index in [0.29, 0.717) is 12.1 Å². The largest absolute Gasteiger partial charge is 0.329 e. The van der Waals surface area contributed by atoms with Crippen molar-refractivity contribution >= 4 is 11.3 Å². The highest BCUT2D eigenvalue weighted by Gasteiger charge is 2.52. The summed E-state index contributed by atoms with van der Waals surface area (Å²) in [6, 6.07) is 3.57. The Hall–Kier alpha value is -0.420. The number of hydrogen-bond acceptors (Lipinski definition) is 4. The van der Waals surface area contributed by atoms with E-state index in [1.165, 1.54) is 51.7 Å². The number of piperidine rings is 1. The normalized spacial score (nSPS) is 37.4. The van der Waals surface area contributed by atoms with Crippen LogP contribution in [0.2, 0.25) is 0 Å². The first-order chi connectivity index (χ1) is 10.3. The predicted octanol–water partition coefficient (Wildman–Crippen LogP) is 2.62. The molecule has 1 aromatic heterocycles. The van der Waals surface area contributed by atoms with Crippen molar-refractivity contribution in [3.63, 3.8) is 0 Å². The molecule has 0 aromatic carbocycles. The highest BCUT2D eigenvalue weighted by atomic mass is 32.1. The van der Waals surface area contributed by atoms with Crippen LogP contribution in [0.5, 0.6) is 0 Å². The zero-order valence-electron chi connectivity index (χ0n) is 13.1. The van der Waals surface area contributed by atoms with Gasteiger partial charge < -0.3 is 5.73 Å². The zero-order chi connectivity index (χ0) is 14.4. The molecule has 3 nitrogen and oxygen atoms in total. The second-order valence-electron chi connectivity index (χ2n) is 7.02. The number of fused-ring (bicyclic) bond motifs is 2. The van der Waals surface area contributed by atoms with Crippen molar-refractivity contribution in [2.45, 2.75) is 56.7 Å². The molecule has 2 fully saturated rings. The summed E-state index contributed by atoms with van der Waals surface area (Å²) in [5, 5.41) is 2.27. The molecular formula is C17H27N3S. The van der Waals surface area contributed by atoms with E-state index in [9.17, 15) is 0 Å². The lowest BCUT2D eigenvalue weighted by atomic mass is 9.81. The maximum absolute atomic E-state index is 6.40. The molecule has 2 N–H and O–H groups in total. The summed E-state index contributed by atoms with van der Waals surface area (Å²) < 4.78 is 0. The lowest BCUT2D eigenvalue weighted by Crippen LogP contribution is -2.63. The Morgan fingerprint density at radius 1 is 1.33 bits per heavy atom. The van der Waals surface area contributed by atoms with Crippen LogP contribution in [0.3, 0.4) is 0 Å². The van der Waals surface area contributed by atoms with Crippen LogP contribution in [0.25, 0.3) is 0 Å². The fraction of sp³-hybridized carbons (Fsp3) is 0.765. The van der Waals surface area contributed by atoms with Crippen LogP contribution in [0.15, 0.2) is 11.4 Å². The van der Waals surface area contributed by atoms with Crippen LogP contribution in [0.1, 0.15) is 49.1 Å². The molecule has 3 aliphatic rings. The molecule has 0 amide bonds. The minimum absolute atomic E-state index is 0.222. The number of nitrogens with zero attached hydrogens (tertiary/aromatic N) is 2. The lowest BCUT2D eigenvalue weighted by molar-refractivity contribution is 0.00606. The van der Waals surface area contributed by atoms with Crippen LogP contribution in [0.4, 0.5) is 0 Å². The van der Waals surface area contributed by atoms with Gasteiger partial charge >= 0.3 is 0 Å². The van der Waals surface area contributed by atoms with Gasteiger partial charge in [-0.15, -0.1) is 11.3 Å². The second kappa shape index (κ2) is 5.34. The van der Waals surface area contributed by atoms with Gasteiger partial charge in [-0.3, -0.25) is 9.80 Å². The Morgan fingerprint density at radius 3 is 3.10 bits per heavy atom. The van der Waals surface area contributed by atoms with Gasteiger partial charge in [0.05, 0.1) is 5.54 Å². The van der Waals surface area contributed by atoms with E-state index < -0.39 is 0 Å². The Morgan fingerprint density at radius 2 is 2.24 bits per heavy atom. The molecule has 0 saturated carbocycles. The minimum Gasteiger partial charge on any atom is -0.329 e. The van der Waals surface area contributed by atoms with Crippen LogP contribution in [0, 0.1) is 0 Å². The van der Waals surface area contributed by atoms with Gasteiger partial charge in [-0.1, -0.05) is 6.42 Å². The van der Waals surface area contributed by atoms with Crippen molar-refractivity contribution in [3.8, 4) is 0 Å². The first-order valence-electron chi connectivity index (χ1n) is 8.53. The molecule has 116 valence electrons. The highest BCUT2D eigenvalue weighted by Crippen LogP contribution is 2.45. The average Bonchev–Trinajstić information content (AvgIpc) is 3.13. The van der Waals surface area contributed by atoms with Crippen molar-refractivity contribution < 1.29 is 0 Å². The quantitative estimate of drug-likeness (QED) is 0.911. The Labute approximate surface area is 132 Å². The topological polar surface area (TPSA) is 32.5 Å². The lowest BCUT2D eigenvalue weighted by Gasteiger charge is -2.51. The number of thiophene rings is 1. The van der Waals surface area contributed by atoms with E-state index in [2.05, 4.69) is 28.2 Å². The summed E-state index contributed by atoms with van der Waals surface area (Å²) in [5.74, 6) is 0. The maximum atomic E-state index is 6.40. The molecule has 3 unspecified atom stereocenters. The molecule has 0 radical (unpaired) electrons. The molecule has 21 heavy (non-hydrogen) atoms. The summed E-state index contributed by atoms with van der Waals surface area (Å²) in [6.45, 7) is 6.95. The van der Waals surface area contributed by atoms with E-state index in [4.69, 9.17) is 5.73 Å². The molecule has 0 spiro atoms. The van der Waals surface area contributed by atoms with E-state index in [1.54, 1.807) is 10.4 Å². The zero-order valence-corrected chi connectivity index (χ0v) is 13.9. The predicted molar refractivity (Wildman–Crippen MR) is 88.8 cm³/mol. The summed E-state index contributed by atoms with van der Waals surface area (Å²) in [5.41, 5.74) is 8.18. The standard InChI is InChI=1S/C17H27N3S/c1-13-14-6-11-21-15(14)5-9-20(13)17(12-18)7-10-19-8-3-2-4-16(17)19/h6,11,13,16H,2-5,7-10,12,18H2,1H3. The van der Waals surface area contributed by atoms with E-state index in [-0.39, 0.29) is 5.54 Å². The number of rotatable bonds is 2. The van der Waals surface area contributed by atoms with Gasteiger partial charge in [0, 0.05) is 36.6 Å². The highest BCUT2D eigenvalue weighted by molar-refractivity contribution is 7.10. The van der Waals surface area contributed by atoms with Gasteiger partial charge in [-0.25, -0.2) is 0 Å². The number of nitrogens with two attached hydrogens (primary N) is 1. The van der Waals surface area contributed by atoms with Gasteiger partial charge in [-0.2, -0.15) is 0 Å². The summed E-state index contributed by atoms with van der Waals surface area (Å²) >= 11 is 1.93. The molecular weight excluding hydrogens is 278 g/mol. The minimum atomic E-state index is 0.222. The SMILES string of the molecule is CC1c2ccsc2CCN1C1(CN)CCN2CCCCC21. The van der Waals surface area contributed by atoms with Crippen LogP contribution < -0.4 is 5.73 Å². The molecule has 3 atom stereocenters. The second-order valence-corrected chi connectivity index (χ2v) is 8.02. The van der Waals surface area contributed by atoms with Crippen molar-refractivity contribution in [2.24, 2.45) is 5.73 Å². The Kier molecular flexibility index (Phi) is 3.61. The summed E-state index contributed by atoms with van der Waals surface area (Å²) in [6.07, 6.45) is 6.58. The molecule has 0 aliphatic carbocycles. The van der Waals surface area contributed by atoms with Gasteiger partial charge in [-0.05, 0) is 56.2 Å². The first-order valence-corrected chi connectivity index (χ1v) is 9.41. The van der Waals surface area contributed by atoms with Gasteiger partial charge in [0.2, 0.25) is 0 Å². The van der Waals surface area contributed by atoms with Crippen LogP contribution in [-0.4, -0.2) is 47.6 Å². The van der Waals surface area contributed by atoms with Crippen molar-refractivity contribution in [3.05, 3.63) is 21.9 Å². The van der Waals surface area contributed by atoms with Gasteiger partial charge in [0.15, 0.2) is 0 Å². The molecule has 1 aromatic rings. The van der Waals surface area contributed by atoms with Crippen molar-refractivity contribution in [1.82, 2.24) is 9.80 Å². The Bertz CT molecular complexity index is 514. The first kappa shape index (κ1) is 14.2. The molecule has 0 bridgehead atoms. The van der Waals surface area contributed by atoms with E-state index in [1.807, 2.05) is 11.3 Å². The molecule has 4 rings (SSSR count). The summed E-state index contributed by atoms with van der Waals surface area (Å²) in [4.78, 5) is 7.11. The fourth-order valence-corrected chi connectivity index (χ4v) is 6.14. The molecule has 4 heteroatoms. The third-order valence-corrected chi connectivity index (χ3v) is 7.27. The van der Waals surface area contributed by atoms with Gasteiger partial charge in [0.1, 0.15) is 0 Å². The number of hydrogen-bond donors (Lipinski definition) is 1. The maximum Gasteiger partial charge on any atom is 0.0504 e. The molecule has 3 aliphatic heterocycles. The molecule has 2 saturated heterocycles. The van der Waals surface area contributed by atoms with E-state index in [0.717, 1.165) is 6.54 Å². The molecule has 4 heterocycles. The van der Waals surface area contributed by atoms with E-state index >= 15 is 0 Å². The smallest absolute Gasteiger partial charge is 0.0504 e. The average molecular weight is 305 g/mol. The fourth-order valence-electron chi connectivity index (χ4n) is 5.18. The third-order valence-electron chi connectivity index (χ3n) is 6.27. The third kappa shape index (κ3) is 2.03. The summed E-state index contributed by atoms with van der Waals surface area (Å²) in [7, 11) is 0.